The summed E-state index contributed by atoms with van der Waals surface area (Å²) >= 11 is 0. The predicted octanol–water partition coefficient (Wildman–Crippen LogP) is 2.34. The second-order valence-electron chi connectivity index (χ2n) is 5.20. The molecule has 0 saturated heterocycles. The molecule has 1 aromatic carbocycles. The molecule has 1 atom stereocenters. The molecule has 4 nitrogen and oxygen atoms in total. The smallest absolute Gasteiger partial charge is 0.242 e. The highest BCUT2D eigenvalue weighted by Gasteiger charge is 2.25. The summed E-state index contributed by atoms with van der Waals surface area (Å²) < 4.78 is 0. The van der Waals surface area contributed by atoms with Crippen LogP contribution in [0, 0.1) is 0 Å². The van der Waals surface area contributed by atoms with Crippen LogP contribution in [0.25, 0.3) is 0 Å². The molecule has 0 aromatic heterocycles. The summed E-state index contributed by atoms with van der Waals surface area (Å²) in [6, 6.07) is 9.33. The standard InChI is InChI=1S/C16H24N2O2/c1-5-15(19)18(11-14-9-7-6-8-10-14)13(4)16(20)17-12(2)3/h6-10,12-13H,5,11H2,1-4H3,(H,17,20)/t13-/m0/s1. The second-order valence-corrected chi connectivity index (χ2v) is 5.20. The van der Waals surface area contributed by atoms with Crippen molar-refractivity contribution in [1.82, 2.24) is 10.2 Å². The van der Waals surface area contributed by atoms with Gasteiger partial charge >= 0.3 is 0 Å². The first kappa shape index (κ1) is 16.2. The second kappa shape index (κ2) is 7.68. The molecule has 0 spiro atoms. The summed E-state index contributed by atoms with van der Waals surface area (Å²) in [5.41, 5.74) is 1.03. The zero-order valence-electron chi connectivity index (χ0n) is 12.7. The number of benzene rings is 1. The maximum Gasteiger partial charge on any atom is 0.242 e. The van der Waals surface area contributed by atoms with Gasteiger partial charge in [-0.05, 0) is 26.3 Å². The van der Waals surface area contributed by atoms with Crippen LogP contribution in [0.15, 0.2) is 30.3 Å². The van der Waals surface area contributed by atoms with E-state index in [0.29, 0.717) is 13.0 Å². The summed E-state index contributed by atoms with van der Waals surface area (Å²) in [6.45, 7) is 7.86. The molecule has 1 N–H and O–H groups in total. The molecule has 0 radical (unpaired) electrons. The summed E-state index contributed by atoms with van der Waals surface area (Å²) in [5, 5.41) is 2.85. The van der Waals surface area contributed by atoms with E-state index in [-0.39, 0.29) is 17.9 Å². The molecule has 0 aliphatic heterocycles. The Labute approximate surface area is 121 Å². The van der Waals surface area contributed by atoms with E-state index in [1.807, 2.05) is 51.1 Å². The Morgan fingerprint density at radius 3 is 2.25 bits per heavy atom. The first-order valence-electron chi connectivity index (χ1n) is 7.09. The van der Waals surface area contributed by atoms with Crippen molar-refractivity contribution in [2.45, 2.75) is 52.7 Å². The molecule has 4 heteroatoms. The fraction of sp³-hybridized carbons (Fsp3) is 0.500. The van der Waals surface area contributed by atoms with Crippen molar-refractivity contribution < 1.29 is 9.59 Å². The van der Waals surface area contributed by atoms with Crippen molar-refractivity contribution in [3.05, 3.63) is 35.9 Å². The van der Waals surface area contributed by atoms with E-state index >= 15 is 0 Å². The average Bonchev–Trinajstić information content (AvgIpc) is 2.43. The number of amides is 2. The minimum Gasteiger partial charge on any atom is -0.352 e. The third kappa shape index (κ3) is 4.68. The maximum atomic E-state index is 12.1. The van der Waals surface area contributed by atoms with Crippen LogP contribution in [0.2, 0.25) is 0 Å². The number of rotatable bonds is 6. The average molecular weight is 276 g/mol. The minimum atomic E-state index is -0.468. The molecule has 1 aromatic rings. The highest BCUT2D eigenvalue weighted by molar-refractivity contribution is 5.87. The Hall–Kier alpha value is -1.84. The lowest BCUT2D eigenvalue weighted by Gasteiger charge is -2.29. The quantitative estimate of drug-likeness (QED) is 0.867. The van der Waals surface area contributed by atoms with Crippen LogP contribution in [0.5, 0.6) is 0 Å². The Balaban J connectivity index is 2.84. The van der Waals surface area contributed by atoms with Gasteiger partial charge in [0.15, 0.2) is 0 Å². The summed E-state index contributed by atoms with van der Waals surface area (Å²) in [5.74, 6) is -0.127. The number of carbonyl (C=O) groups is 2. The van der Waals surface area contributed by atoms with Gasteiger partial charge < -0.3 is 10.2 Å². The molecule has 1 rings (SSSR count). The molecule has 2 amide bonds. The van der Waals surface area contributed by atoms with Crippen LogP contribution in [0.3, 0.4) is 0 Å². The zero-order chi connectivity index (χ0) is 15.1. The third-order valence-electron chi connectivity index (χ3n) is 3.10. The summed E-state index contributed by atoms with van der Waals surface area (Å²) in [7, 11) is 0. The fourth-order valence-corrected chi connectivity index (χ4v) is 1.97. The fourth-order valence-electron chi connectivity index (χ4n) is 1.97. The number of hydrogen-bond donors (Lipinski definition) is 1. The van der Waals surface area contributed by atoms with E-state index in [0.717, 1.165) is 5.56 Å². The number of nitrogens with one attached hydrogen (secondary N) is 1. The Morgan fingerprint density at radius 1 is 1.15 bits per heavy atom. The van der Waals surface area contributed by atoms with Gasteiger partial charge in [0.05, 0.1) is 0 Å². The van der Waals surface area contributed by atoms with Gasteiger partial charge in [0.1, 0.15) is 6.04 Å². The summed E-state index contributed by atoms with van der Waals surface area (Å²) in [6.07, 6.45) is 0.395. The topological polar surface area (TPSA) is 49.4 Å². The Kier molecular flexibility index (Phi) is 6.22. The molecular formula is C16H24N2O2. The summed E-state index contributed by atoms with van der Waals surface area (Å²) in [4.78, 5) is 25.8. The normalized spacial score (nSPS) is 12.1. The molecule has 0 aliphatic carbocycles. The van der Waals surface area contributed by atoms with Crippen molar-refractivity contribution >= 4 is 11.8 Å². The number of nitrogens with zero attached hydrogens (tertiary/aromatic N) is 1. The predicted molar refractivity (Wildman–Crippen MR) is 80.0 cm³/mol. The van der Waals surface area contributed by atoms with Crippen LogP contribution in [0.4, 0.5) is 0 Å². The third-order valence-corrected chi connectivity index (χ3v) is 3.10. The Morgan fingerprint density at radius 2 is 1.75 bits per heavy atom. The van der Waals surface area contributed by atoms with Gasteiger partial charge in [-0.3, -0.25) is 9.59 Å². The van der Waals surface area contributed by atoms with Crippen LogP contribution in [-0.4, -0.2) is 28.8 Å². The van der Waals surface area contributed by atoms with Crippen LogP contribution in [0.1, 0.15) is 39.7 Å². The molecule has 0 saturated carbocycles. The molecule has 0 unspecified atom stereocenters. The minimum absolute atomic E-state index is 0.0136. The molecule has 0 fully saturated rings. The lowest BCUT2D eigenvalue weighted by atomic mass is 10.1. The van der Waals surface area contributed by atoms with E-state index in [2.05, 4.69) is 5.32 Å². The van der Waals surface area contributed by atoms with Gasteiger partial charge in [-0.1, -0.05) is 37.3 Å². The van der Waals surface area contributed by atoms with Gasteiger partial charge in [-0.2, -0.15) is 0 Å². The molecular weight excluding hydrogens is 252 g/mol. The van der Waals surface area contributed by atoms with Crippen molar-refractivity contribution in [2.24, 2.45) is 0 Å². The van der Waals surface area contributed by atoms with E-state index in [1.165, 1.54) is 0 Å². The van der Waals surface area contributed by atoms with Gasteiger partial charge in [-0.15, -0.1) is 0 Å². The van der Waals surface area contributed by atoms with Crippen LogP contribution in [-0.2, 0) is 16.1 Å². The first-order valence-corrected chi connectivity index (χ1v) is 7.09. The van der Waals surface area contributed by atoms with Crippen molar-refractivity contribution in [3.8, 4) is 0 Å². The van der Waals surface area contributed by atoms with Gasteiger partial charge in [0.2, 0.25) is 11.8 Å². The molecule has 0 heterocycles. The van der Waals surface area contributed by atoms with Gasteiger partial charge in [-0.25, -0.2) is 0 Å². The van der Waals surface area contributed by atoms with E-state index < -0.39 is 6.04 Å². The molecule has 110 valence electrons. The van der Waals surface area contributed by atoms with E-state index in [4.69, 9.17) is 0 Å². The molecule has 0 aliphatic rings. The van der Waals surface area contributed by atoms with E-state index in [1.54, 1.807) is 11.8 Å². The van der Waals surface area contributed by atoms with Crippen LogP contribution < -0.4 is 5.32 Å². The van der Waals surface area contributed by atoms with Crippen molar-refractivity contribution in [3.63, 3.8) is 0 Å². The SMILES string of the molecule is CCC(=O)N(Cc1ccccc1)[C@@H](C)C(=O)NC(C)C. The van der Waals surface area contributed by atoms with E-state index in [9.17, 15) is 9.59 Å². The lowest BCUT2D eigenvalue weighted by molar-refractivity contribution is -0.140. The van der Waals surface area contributed by atoms with Crippen molar-refractivity contribution in [2.75, 3.05) is 0 Å². The van der Waals surface area contributed by atoms with Gasteiger partial charge in [0, 0.05) is 19.0 Å². The largest absolute Gasteiger partial charge is 0.352 e. The highest BCUT2D eigenvalue weighted by atomic mass is 16.2. The van der Waals surface area contributed by atoms with Crippen molar-refractivity contribution in [1.29, 1.82) is 0 Å². The first-order chi connectivity index (χ1) is 9.45. The zero-order valence-corrected chi connectivity index (χ0v) is 12.7. The molecule has 20 heavy (non-hydrogen) atoms. The Bertz CT molecular complexity index is 443. The lowest BCUT2D eigenvalue weighted by Crippen LogP contribution is -2.48. The van der Waals surface area contributed by atoms with Gasteiger partial charge in [0.25, 0.3) is 0 Å². The number of carbonyl (C=O) groups excluding carboxylic acids is 2. The monoisotopic (exact) mass is 276 g/mol. The highest BCUT2D eigenvalue weighted by Crippen LogP contribution is 2.10. The van der Waals surface area contributed by atoms with Crippen LogP contribution >= 0.6 is 0 Å². The maximum absolute atomic E-state index is 12.1. The number of hydrogen-bond acceptors (Lipinski definition) is 2. The molecule has 0 bridgehead atoms.